The quantitative estimate of drug-likeness (QED) is 0.631. The Labute approximate surface area is 153 Å². The van der Waals surface area contributed by atoms with Gasteiger partial charge in [-0.1, -0.05) is 13.0 Å². The summed E-state index contributed by atoms with van der Waals surface area (Å²) in [5.41, 5.74) is 9.60. The molecule has 6 nitrogen and oxygen atoms in total. The van der Waals surface area contributed by atoms with Crippen LogP contribution >= 0.6 is 0 Å². The molecule has 26 heavy (non-hydrogen) atoms. The summed E-state index contributed by atoms with van der Waals surface area (Å²) < 4.78 is 0. The Balaban J connectivity index is 1.94. The van der Waals surface area contributed by atoms with Crippen LogP contribution in [-0.2, 0) is 0 Å². The highest BCUT2D eigenvalue weighted by atomic mass is 16.3. The Bertz CT molecular complexity index is 897. The van der Waals surface area contributed by atoms with Gasteiger partial charge in [-0.25, -0.2) is 9.97 Å². The predicted octanol–water partition coefficient (Wildman–Crippen LogP) is 3.37. The summed E-state index contributed by atoms with van der Waals surface area (Å²) >= 11 is 0. The lowest BCUT2D eigenvalue weighted by molar-refractivity contribution is 0.477. The number of rotatable bonds is 6. The maximum Gasteiger partial charge on any atom is 0.165 e. The van der Waals surface area contributed by atoms with Crippen LogP contribution in [0.3, 0.4) is 0 Å². The minimum absolute atomic E-state index is 0.0682. The average molecular weight is 349 g/mol. The molecule has 1 aromatic carbocycles. The molecule has 0 radical (unpaired) electrons. The molecule has 6 heteroatoms. The number of aromatic hydroxyl groups is 1. The van der Waals surface area contributed by atoms with Crippen molar-refractivity contribution in [2.75, 3.05) is 11.9 Å². The molecule has 0 aliphatic rings. The first-order chi connectivity index (χ1) is 12.6. The predicted molar refractivity (Wildman–Crippen MR) is 104 cm³/mol. The number of aryl methyl sites for hydroxylation is 1. The number of hydrogen-bond acceptors (Lipinski definition) is 6. The van der Waals surface area contributed by atoms with Crippen LogP contribution in [0.2, 0.25) is 0 Å². The van der Waals surface area contributed by atoms with Crippen LogP contribution in [-0.4, -0.2) is 32.6 Å². The summed E-state index contributed by atoms with van der Waals surface area (Å²) in [6, 6.07) is 9.23. The van der Waals surface area contributed by atoms with Gasteiger partial charge in [-0.3, -0.25) is 4.98 Å². The van der Waals surface area contributed by atoms with Crippen molar-refractivity contribution in [3.8, 4) is 28.3 Å². The van der Waals surface area contributed by atoms with E-state index >= 15 is 0 Å². The number of nitrogens with two attached hydrogens (primary N) is 1. The monoisotopic (exact) mass is 349 g/mol. The normalized spacial score (nSPS) is 12.0. The Morgan fingerprint density at radius 1 is 1.15 bits per heavy atom. The van der Waals surface area contributed by atoms with Crippen LogP contribution in [0.1, 0.15) is 18.9 Å². The first-order valence-corrected chi connectivity index (χ1v) is 8.65. The Kier molecular flexibility index (Phi) is 5.43. The van der Waals surface area contributed by atoms with E-state index < -0.39 is 0 Å². The molecule has 0 amide bonds. The third kappa shape index (κ3) is 3.97. The highest BCUT2D eigenvalue weighted by Gasteiger charge is 2.12. The Hall–Kier alpha value is -2.99. The third-order valence-electron chi connectivity index (χ3n) is 4.31. The molecule has 0 aliphatic heterocycles. The lowest BCUT2D eigenvalue weighted by Gasteiger charge is -2.12. The van der Waals surface area contributed by atoms with Crippen molar-refractivity contribution in [1.82, 2.24) is 15.0 Å². The maximum absolute atomic E-state index is 10.3. The van der Waals surface area contributed by atoms with Gasteiger partial charge in [0.2, 0.25) is 0 Å². The van der Waals surface area contributed by atoms with Crippen molar-refractivity contribution < 1.29 is 5.11 Å². The number of phenolic OH excluding ortho intramolecular Hbond substituents is 1. The summed E-state index contributed by atoms with van der Waals surface area (Å²) in [6.45, 7) is 4.71. The molecule has 3 rings (SSSR count). The molecule has 0 fully saturated rings. The minimum Gasteiger partial charge on any atom is -0.507 e. The summed E-state index contributed by atoms with van der Waals surface area (Å²) in [6.07, 6.45) is 6.14. The van der Waals surface area contributed by atoms with Crippen molar-refractivity contribution >= 4 is 5.82 Å². The molecular formula is C20H23N5O. The molecule has 0 spiro atoms. The van der Waals surface area contributed by atoms with Gasteiger partial charge in [0.05, 0.1) is 5.56 Å². The van der Waals surface area contributed by atoms with Crippen LogP contribution in [0, 0.1) is 6.92 Å². The summed E-state index contributed by atoms with van der Waals surface area (Å²) in [7, 11) is 0. The van der Waals surface area contributed by atoms with E-state index in [1.54, 1.807) is 24.5 Å². The maximum atomic E-state index is 10.3. The Morgan fingerprint density at radius 2 is 2.00 bits per heavy atom. The molecule has 1 atom stereocenters. The molecule has 0 unspecified atom stereocenters. The van der Waals surface area contributed by atoms with Crippen molar-refractivity contribution in [3.05, 3.63) is 54.5 Å². The van der Waals surface area contributed by atoms with Crippen LogP contribution in [0.15, 0.2) is 48.9 Å². The zero-order chi connectivity index (χ0) is 18.5. The number of nitrogens with zero attached hydrogens (tertiary/aromatic N) is 3. The van der Waals surface area contributed by atoms with Crippen molar-refractivity contribution in [2.24, 2.45) is 5.73 Å². The van der Waals surface area contributed by atoms with E-state index in [4.69, 9.17) is 5.73 Å². The zero-order valence-corrected chi connectivity index (χ0v) is 15.0. The number of phenols is 1. The largest absolute Gasteiger partial charge is 0.507 e. The van der Waals surface area contributed by atoms with E-state index in [-0.39, 0.29) is 11.8 Å². The van der Waals surface area contributed by atoms with Crippen LogP contribution < -0.4 is 11.1 Å². The van der Waals surface area contributed by atoms with E-state index in [9.17, 15) is 5.11 Å². The second kappa shape index (κ2) is 7.93. The molecule has 2 aromatic heterocycles. The highest BCUT2D eigenvalue weighted by molar-refractivity contribution is 5.75. The fourth-order valence-corrected chi connectivity index (χ4v) is 2.62. The smallest absolute Gasteiger partial charge is 0.165 e. The highest BCUT2D eigenvalue weighted by Crippen LogP contribution is 2.32. The second-order valence-corrected chi connectivity index (χ2v) is 6.24. The SMILES string of the molecule is CC[C@@H](N)CNc1ccnc(-c2cc(-c3cnccc3C)ccc2O)n1. The lowest BCUT2D eigenvalue weighted by Crippen LogP contribution is -2.28. The van der Waals surface area contributed by atoms with Gasteiger partial charge in [0.25, 0.3) is 0 Å². The number of hydrogen-bond donors (Lipinski definition) is 3. The van der Waals surface area contributed by atoms with Crippen LogP contribution in [0.5, 0.6) is 5.75 Å². The first kappa shape index (κ1) is 17.8. The molecule has 0 aliphatic carbocycles. The average Bonchev–Trinajstić information content (AvgIpc) is 2.67. The van der Waals surface area contributed by atoms with Crippen LogP contribution in [0.25, 0.3) is 22.5 Å². The van der Waals surface area contributed by atoms with Gasteiger partial charge < -0.3 is 16.2 Å². The van der Waals surface area contributed by atoms with Gasteiger partial charge in [0, 0.05) is 36.7 Å². The molecule has 2 heterocycles. The molecule has 134 valence electrons. The molecule has 4 N–H and O–H groups in total. The number of aromatic nitrogens is 3. The zero-order valence-electron chi connectivity index (χ0n) is 15.0. The molecule has 0 saturated carbocycles. The number of pyridine rings is 1. The Morgan fingerprint density at radius 3 is 2.77 bits per heavy atom. The fourth-order valence-electron chi connectivity index (χ4n) is 2.62. The third-order valence-corrected chi connectivity index (χ3v) is 4.31. The minimum atomic E-state index is 0.0682. The van der Waals surface area contributed by atoms with Crippen molar-refractivity contribution in [1.29, 1.82) is 0 Å². The van der Waals surface area contributed by atoms with Gasteiger partial charge >= 0.3 is 0 Å². The number of anilines is 1. The van der Waals surface area contributed by atoms with E-state index in [0.717, 1.165) is 23.1 Å². The van der Waals surface area contributed by atoms with E-state index in [2.05, 4.69) is 20.3 Å². The van der Waals surface area contributed by atoms with Crippen LogP contribution in [0.4, 0.5) is 5.82 Å². The summed E-state index contributed by atoms with van der Waals surface area (Å²) in [5.74, 6) is 1.28. The van der Waals surface area contributed by atoms with Gasteiger partial charge in [-0.2, -0.15) is 0 Å². The van der Waals surface area contributed by atoms with E-state index in [0.29, 0.717) is 23.8 Å². The van der Waals surface area contributed by atoms with Gasteiger partial charge in [0.1, 0.15) is 11.6 Å². The summed E-state index contributed by atoms with van der Waals surface area (Å²) in [4.78, 5) is 13.0. The molecular weight excluding hydrogens is 326 g/mol. The van der Waals surface area contributed by atoms with Gasteiger partial charge in [0.15, 0.2) is 5.82 Å². The molecule has 0 saturated heterocycles. The lowest BCUT2D eigenvalue weighted by atomic mass is 10.00. The van der Waals surface area contributed by atoms with Crippen molar-refractivity contribution in [3.63, 3.8) is 0 Å². The molecule has 3 aromatic rings. The standard InChI is InChI=1S/C20H23N5O/c1-3-15(21)11-24-19-7-9-23-20(25-19)16-10-14(4-5-18(16)26)17-12-22-8-6-13(17)2/h4-10,12,15,26H,3,11,21H2,1-2H3,(H,23,24,25)/t15-/m1/s1. The molecule has 0 bridgehead atoms. The van der Waals surface area contributed by atoms with E-state index in [1.165, 1.54) is 0 Å². The van der Waals surface area contributed by atoms with Crippen molar-refractivity contribution in [2.45, 2.75) is 26.3 Å². The number of benzene rings is 1. The van der Waals surface area contributed by atoms with E-state index in [1.807, 2.05) is 38.2 Å². The topological polar surface area (TPSA) is 97.0 Å². The fraction of sp³-hybridized carbons (Fsp3) is 0.250. The van der Waals surface area contributed by atoms with Gasteiger partial charge in [-0.05, 0) is 48.7 Å². The summed E-state index contributed by atoms with van der Waals surface area (Å²) in [5, 5.41) is 13.5. The number of nitrogens with one attached hydrogen (secondary N) is 1. The van der Waals surface area contributed by atoms with Gasteiger partial charge in [-0.15, -0.1) is 0 Å². The first-order valence-electron chi connectivity index (χ1n) is 8.65. The second-order valence-electron chi connectivity index (χ2n) is 6.24.